The van der Waals surface area contributed by atoms with Gasteiger partial charge in [-0.2, -0.15) is 0 Å². The Bertz CT molecular complexity index is 3300. The normalized spacial score (nSPS) is 11.5. The van der Waals surface area contributed by atoms with Crippen molar-refractivity contribution in [2.24, 2.45) is 0 Å². The topological polar surface area (TPSA) is 38.7 Å². The summed E-state index contributed by atoms with van der Waals surface area (Å²) < 4.78 is 2.43. The Morgan fingerprint density at radius 1 is 0.263 bits per heavy atom. The smallest absolute Gasteiger partial charge is 0.165 e. The van der Waals surface area contributed by atoms with E-state index in [4.69, 9.17) is 15.0 Å². The third kappa shape index (κ3) is 5.78. The summed E-state index contributed by atoms with van der Waals surface area (Å²) in [5, 5.41) is 7.14. The van der Waals surface area contributed by atoms with Crippen LogP contribution in [0.5, 0.6) is 0 Å². The molecule has 266 valence electrons. The molecule has 11 aromatic rings. The standard InChI is InChI=1S/C53H33N3S/c1-3-15-34(16-4-1)36-19-13-20-37(33-36)38-29-30-43(40-22-8-7-21-39(38)40)44-31-32-47(42-24-10-9-23-41(42)44)52-54-51(35-17-5-2-6-18-35)55-53(56-52)48-27-14-26-46-45-25-11-12-28-49(45)57-50(46)48/h1-33H. The van der Waals surface area contributed by atoms with E-state index in [0.717, 1.165) is 27.5 Å². The van der Waals surface area contributed by atoms with Gasteiger partial charge in [0.2, 0.25) is 0 Å². The molecule has 57 heavy (non-hydrogen) atoms. The van der Waals surface area contributed by atoms with Gasteiger partial charge >= 0.3 is 0 Å². The molecule has 0 N–H and O–H groups in total. The highest BCUT2D eigenvalue weighted by atomic mass is 32.1. The van der Waals surface area contributed by atoms with Crippen LogP contribution >= 0.6 is 11.3 Å². The van der Waals surface area contributed by atoms with E-state index in [0.29, 0.717) is 17.5 Å². The third-order valence-electron chi connectivity index (χ3n) is 11.0. The highest BCUT2D eigenvalue weighted by Crippen LogP contribution is 2.43. The lowest BCUT2D eigenvalue weighted by atomic mass is 9.88. The average molecular weight is 744 g/mol. The lowest BCUT2D eigenvalue weighted by molar-refractivity contribution is 1.08. The van der Waals surface area contributed by atoms with Crippen LogP contribution in [0.15, 0.2) is 200 Å². The van der Waals surface area contributed by atoms with Gasteiger partial charge in [0.05, 0.1) is 0 Å². The van der Waals surface area contributed by atoms with Gasteiger partial charge in [0.1, 0.15) is 0 Å². The molecule has 0 saturated carbocycles. The monoisotopic (exact) mass is 743 g/mol. The van der Waals surface area contributed by atoms with Crippen molar-refractivity contribution in [3.63, 3.8) is 0 Å². The molecule has 11 rings (SSSR count). The minimum atomic E-state index is 0.651. The molecule has 0 atom stereocenters. The molecule has 9 aromatic carbocycles. The minimum Gasteiger partial charge on any atom is -0.208 e. The fourth-order valence-electron chi connectivity index (χ4n) is 8.27. The first-order valence-electron chi connectivity index (χ1n) is 19.2. The summed E-state index contributed by atoms with van der Waals surface area (Å²) in [4.78, 5) is 15.6. The fraction of sp³-hybridized carbons (Fsp3) is 0. The molecule has 0 radical (unpaired) electrons. The molecule has 2 aromatic heterocycles. The number of aromatic nitrogens is 3. The van der Waals surface area contributed by atoms with Crippen LogP contribution in [0.1, 0.15) is 0 Å². The largest absolute Gasteiger partial charge is 0.208 e. The number of thiophene rings is 1. The van der Waals surface area contributed by atoms with Crippen LogP contribution in [0.4, 0.5) is 0 Å². The molecule has 2 heterocycles. The molecule has 0 aliphatic rings. The van der Waals surface area contributed by atoms with E-state index in [9.17, 15) is 0 Å². The first kappa shape index (κ1) is 33.1. The molecule has 4 heteroatoms. The highest BCUT2D eigenvalue weighted by Gasteiger charge is 2.19. The fourth-order valence-corrected chi connectivity index (χ4v) is 9.48. The number of nitrogens with zero attached hydrogens (tertiary/aromatic N) is 3. The Labute approximate surface area is 334 Å². The summed E-state index contributed by atoms with van der Waals surface area (Å²) in [6.45, 7) is 0. The van der Waals surface area contributed by atoms with Gasteiger partial charge in [-0.05, 0) is 79.2 Å². The number of fused-ring (bicyclic) bond motifs is 5. The number of rotatable bonds is 6. The summed E-state index contributed by atoms with van der Waals surface area (Å²) in [6, 6.07) is 71.1. The molecule has 0 bridgehead atoms. The van der Waals surface area contributed by atoms with Gasteiger partial charge in [-0.1, -0.05) is 176 Å². The predicted molar refractivity (Wildman–Crippen MR) is 240 cm³/mol. The quantitative estimate of drug-likeness (QED) is 0.170. The van der Waals surface area contributed by atoms with E-state index in [2.05, 4.69) is 182 Å². The minimum absolute atomic E-state index is 0.651. The van der Waals surface area contributed by atoms with E-state index in [1.165, 1.54) is 64.3 Å². The second kappa shape index (κ2) is 13.8. The van der Waals surface area contributed by atoms with Crippen LogP contribution in [0.25, 0.3) is 109 Å². The maximum Gasteiger partial charge on any atom is 0.165 e. The maximum absolute atomic E-state index is 5.28. The van der Waals surface area contributed by atoms with E-state index in [-0.39, 0.29) is 0 Å². The van der Waals surface area contributed by atoms with Crippen LogP contribution in [0, 0.1) is 0 Å². The molecule has 0 fully saturated rings. The summed E-state index contributed by atoms with van der Waals surface area (Å²) in [6.07, 6.45) is 0. The van der Waals surface area contributed by atoms with Gasteiger partial charge in [0, 0.05) is 36.9 Å². The lowest BCUT2D eigenvalue weighted by Gasteiger charge is -2.16. The van der Waals surface area contributed by atoms with Crippen molar-refractivity contribution in [2.75, 3.05) is 0 Å². The van der Waals surface area contributed by atoms with Crippen molar-refractivity contribution in [3.05, 3.63) is 200 Å². The van der Waals surface area contributed by atoms with E-state index >= 15 is 0 Å². The van der Waals surface area contributed by atoms with Crippen LogP contribution in [0.3, 0.4) is 0 Å². The van der Waals surface area contributed by atoms with Crippen molar-refractivity contribution < 1.29 is 0 Å². The van der Waals surface area contributed by atoms with Crippen LogP contribution in [0.2, 0.25) is 0 Å². The van der Waals surface area contributed by atoms with E-state index in [1.54, 1.807) is 11.3 Å². The predicted octanol–water partition coefficient (Wildman–Crippen LogP) is 14.5. The second-order valence-electron chi connectivity index (χ2n) is 14.3. The molecular weight excluding hydrogens is 711 g/mol. The summed E-state index contributed by atoms with van der Waals surface area (Å²) in [5.41, 5.74) is 10.1. The number of hydrogen-bond acceptors (Lipinski definition) is 4. The molecule has 3 nitrogen and oxygen atoms in total. The Hall–Kier alpha value is -7.27. The van der Waals surface area contributed by atoms with Gasteiger partial charge in [0.25, 0.3) is 0 Å². The Morgan fingerprint density at radius 2 is 0.719 bits per heavy atom. The first-order valence-corrected chi connectivity index (χ1v) is 20.0. The molecule has 0 unspecified atom stereocenters. The van der Waals surface area contributed by atoms with Crippen molar-refractivity contribution in [1.82, 2.24) is 15.0 Å². The maximum atomic E-state index is 5.28. The lowest BCUT2D eigenvalue weighted by Crippen LogP contribution is -2.01. The van der Waals surface area contributed by atoms with Crippen molar-refractivity contribution in [2.45, 2.75) is 0 Å². The molecule has 0 saturated heterocycles. The molecule has 0 amide bonds. The van der Waals surface area contributed by atoms with Crippen molar-refractivity contribution >= 4 is 53.1 Å². The van der Waals surface area contributed by atoms with Gasteiger partial charge in [-0.3, -0.25) is 0 Å². The molecule has 0 spiro atoms. The second-order valence-corrected chi connectivity index (χ2v) is 15.4. The zero-order valence-corrected chi connectivity index (χ0v) is 31.6. The van der Waals surface area contributed by atoms with Gasteiger partial charge in [-0.25, -0.2) is 15.0 Å². The van der Waals surface area contributed by atoms with Gasteiger partial charge < -0.3 is 0 Å². The zero-order valence-electron chi connectivity index (χ0n) is 30.8. The average Bonchev–Trinajstić information content (AvgIpc) is 3.68. The molecule has 0 aliphatic carbocycles. The number of hydrogen-bond donors (Lipinski definition) is 0. The SMILES string of the molecule is c1ccc(-c2cccc(-c3ccc(-c4ccc(-c5nc(-c6ccccc6)nc(-c6cccc7c6sc6ccccc67)n5)c5ccccc45)c4ccccc34)c2)cc1. The summed E-state index contributed by atoms with van der Waals surface area (Å²) in [5.74, 6) is 1.97. The zero-order chi connectivity index (χ0) is 37.7. The van der Waals surface area contributed by atoms with Crippen LogP contribution in [-0.2, 0) is 0 Å². The van der Waals surface area contributed by atoms with Crippen LogP contribution in [-0.4, -0.2) is 15.0 Å². The summed E-state index contributed by atoms with van der Waals surface area (Å²) >= 11 is 1.79. The van der Waals surface area contributed by atoms with Gasteiger partial charge in [0.15, 0.2) is 17.5 Å². The Kier molecular flexibility index (Phi) is 8.01. The molecule has 0 aliphatic heterocycles. The van der Waals surface area contributed by atoms with Crippen molar-refractivity contribution in [3.8, 4) is 67.5 Å². The highest BCUT2D eigenvalue weighted by molar-refractivity contribution is 7.26. The molecular formula is C53H33N3S. The third-order valence-corrected chi connectivity index (χ3v) is 12.2. The Morgan fingerprint density at radius 3 is 1.42 bits per heavy atom. The van der Waals surface area contributed by atoms with Crippen LogP contribution < -0.4 is 0 Å². The van der Waals surface area contributed by atoms with E-state index in [1.807, 2.05) is 18.2 Å². The first-order chi connectivity index (χ1) is 28.3. The Balaban J connectivity index is 1.08. The number of benzene rings is 9. The van der Waals surface area contributed by atoms with Gasteiger partial charge in [-0.15, -0.1) is 11.3 Å². The van der Waals surface area contributed by atoms with Crippen molar-refractivity contribution in [1.29, 1.82) is 0 Å². The van der Waals surface area contributed by atoms with E-state index < -0.39 is 0 Å². The summed E-state index contributed by atoms with van der Waals surface area (Å²) in [7, 11) is 0.